The van der Waals surface area contributed by atoms with E-state index in [2.05, 4.69) is 11.8 Å². The van der Waals surface area contributed by atoms with E-state index in [-0.39, 0.29) is 18.0 Å². The van der Waals surface area contributed by atoms with Gasteiger partial charge in [0.25, 0.3) is 5.91 Å². The van der Waals surface area contributed by atoms with Crippen LogP contribution in [0.15, 0.2) is 0 Å². The minimum absolute atomic E-state index is 0.0397. The summed E-state index contributed by atoms with van der Waals surface area (Å²) in [5.74, 6) is 5.15. The highest BCUT2D eigenvalue weighted by molar-refractivity contribution is 5.93. The minimum Gasteiger partial charge on any atom is -0.327 e. The van der Waals surface area contributed by atoms with Gasteiger partial charge in [0, 0.05) is 18.6 Å². The first-order chi connectivity index (χ1) is 6.66. The molecule has 0 aromatic heterocycles. The Kier molecular flexibility index (Phi) is 3.97. The molecule has 1 heterocycles. The lowest BCUT2D eigenvalue weighted by molar-refractivity contribution is -0.129. The predicted molar refractivity (Wildman–Crippen MR) is 56.5 cm³/mol. The van der Waals surface area contributed by atoms with Crippen LogP contribution in [0.2, 0.25) is 0 Å². The van der Waals surface area contributed by atoms with Gasteiger partial charge in [0.1, 0.15) is 0 Å². The molecule has 2 unspecified atom stereocenters. The monoisotopic (exact) mass is 194 g/mol. The van der Waals surface area contributed by atoms with Gasteiger partial charge in [0.15, 0.2) is 0 Å². The van der Waals surface area contributed by atoms with Crippen LogP contribution in [-0.2, 0) is 4.79 Å². The Balaban J connectivity index is 2.70. The van der Waals surface area contributed by atoms with Gasteiger partial charge in [0.2, 0.25) is 0 Å². The Labute approximate surface area is 85.6 Å². The lowest BCUT2D eigenvalue weighted by atomic mass is 9.97. The Morgan fingerprint density at radius 3 is 2.86 bits per heavy atom. The molecule has 0 aliphatic carbocycles. The van der Waals surface area contributed by atoms with Gasteiger partial charge in [-0.1, -0.05) is 5.92 Å². The molecule has 78 valence electrons. The molecule has 14 heavy (non-hydrogen) atoms. The fourth-order valence-corrected chi connectivity index (χ4v) is 1.93. The Morgan fingerprint density at radius 1 is 1.57 bits per heavy atom. The number of piperidine rings is 1. The third kappa shape index (κ3) is 2.49. The first-order valence-electron chi connectivity index (χ1n) is 5.15. The van der Waals surface area contributed by atoms with Gasteiger partial charge in [-0.2, -0.15) is 0 Å². The fourth-order valence-electron chi connectivity index (χ4n) is 1.93. The van der Waals surface area contributed by atoms with Crippen molar-refractivity contribution in [1.29, 1.82) is 0 Å². The third-order valence-corrected chi connectivity index (χ3v) is 2.65. The van der Waals surface area contributed by atoms with Gasteiger partial charge in [-0.25, -0.2) is 0 Å². The average Bonchev–Trinajstić information content (AvgIpc) is 2.18. The van der Waals surface area contributed by atoms with E-state index >= 15 is 0 Å². The maximum Gasteiger partial charge on any atom is 0.298 e. The van der Waals surface area contributed by atoms with Crippen LogP contribution in [0, 0.1) is 11.8 Å². The molecule has 0 saturated carbocycles. The summed E-state index contributed by atoms with van der Waals surface area (Å²) >= 11 is 0. The number of rotatable bonds is 1. The van der Waals surface area contributed by atoms with E-state index in [1.807, 2.05) is 11.8 Å². The summed E-state index contributed by atoms with van der Waals surface area (Å²) in [6.07, 6.45) is 3.24. The molecule has 1 fully saturated rings. The minimum atomic E-state index is -0.0745. The van der Waals surface area contributed by atoms with Crippen LogP contribution in [0.3, 0.4) is 0 Å². The lowest BCUT2D eigenvalue weighted by Crippen LogP contribution is -2.51. The zero-order valence-electron chi connectivity index (χ0n) is 8.92. The summed E-state index contributed by atoms with van der Waals surface area (Å²) in [4.78, 5) is 13.4. The van der Waals surface area contributed by atoms with Crippen LogP contribution >= 0.6 is 0 Å². The van der Waals surface area contributed by atoms with Crippen LogP contribution < -0.4 is 5.73 Å². The molecule has 0 radical (unpaired) electrons. The molecule has 3 heteroatoms. The molecule has 1 saturated heterocycles. The molecule has 0 aromatic carbocycles. The Bertz CT molecular complexity index is 262. The molecule has 0 spiro atoms. The predicted octanol–water partition coefficient (Wildman–Crippen LogP) is 0.738. The first kappa shape index (κ1) is 11.1. The van der Waals surface area contributed by atoms with Crippen LogP contribution in [-0.4, -0.2) is 29.4 Å². The van der Waals surface area contributed by atoms with Gasteiger partial charge in [-0.15, -0.1) is 0 Å². The molecule has 0 aromatic rings. The smallest absolute Gasteiger partial charge is 0.298 e. The highest BCUT2D eigenvalue weighted by Crippen LogP contribution is 2.18. The lowest BCUT2D eigenvalue weighted by Gasteiger charge is -2.36. The molecule has 2 N–H and O–H groups in total. The molecule has 3 nitrogen and oxygen atoms in total. The van der Waals surface area contributed by atoms with Gasteiger partial charge in [-0.05, 0) is 39.0 Å². The van der Waals surface area contributed by atoms with Crippen molar-refractivity contribution in [3.63, 3.8) is 0 Å². The first-order valence-corrected chi connectivity index (χ1v) is 5.15. The van der Waals surface area contributed by atoms with Crippen molar-refractivity contribution in [3.8, 4) is 11.8 Å². The van der Waals surface area contributed by atoms with E-state index in [0.717, 1.165) is 25.8 Å². The summed E-state index contributed by atoms with van der Waals surface area (Å²) in [7, 11) is 0. The molecular formula is C11H18N2O. The maximum absolute atomic E-state index is 11.6. The van der Waals surface area contributed by atoms with E-state index in [4.69, 9.17) is 5.73 Å². The summed E-state index contributed by atoms with van der Waals surface area (Å²) in [6.45, 7) is 4.44. The summed E-state index contributed by atoms with van der Waals surface area (Å²) in [6, 6.07) is 0.218. The molecule has 1 amide bonds. The van der Waals surface area contributed by atoms with Crippen molar-refractivity contribution in [1.82, 2.24) is 4.90 Å². The largest absolute Gasteiger partial charge is 0.327 e. The van der Waals surface area contributed by atoms with Gasteiger partial charge in [-0.3, -0.25) is 4.79 Å². The SMILES string of the molecule is CC#CC(=O)N1CCCCC1C(C)N. The molecule has 1 rings (SSSR count). The second-order valence-electron chi connectivity index (χ2n) is 3.80. The van der Waals surface area contributed by atoms with Crippen molar-refractivity contribution >= 4 is 5.91 Å². The number of nitrogens with two attached hydrogens (primary N) is 1. The zero-order chi connectivity index (χ0) is 10.6. The zero-order valence-corrected chi connectivity index (χ0v) is 8.92. The summed E-state index contributed by atoms with van der Waals surface area (Å²) in [5.41, 5.74) is 5.85. The van der Waals surface area contributed by atoms with E-state index in [1.165, 1.54) is 0 Å². The highest BCUT2D eigenvalue weighted by Gasteiger charge is 2.28. The Hall–Kier alpha value is -1.01. The molecular weight excluding hydrogens is 176 g/mol. The molecule has 0 bridgehead atoms. The van der Waals surface area contributed by atoms with Crippen LogP contribution in [0.4, 0.5) is 0 Å². The number of carbonyl (C=O) groups excluding carboxylic acids is 1. The van der Waals surface area contributed by atoms with Crippen molar-refractivity contribution in [2.75, 3.05) is 6.54 Å². The standard InChI is InChI=1S/C11H18N2O/c1-3-6-11(14)13-8-5-4-7-10(13)9(2)12/h9-10H,4-5,7-8,12H2,1-2H3. The van der Waals surface area contributed by atoms with Crippen LogP contribution in [0.5, 0.6) is 0 Å². The number of hydrogen-bond acceptors (Lipinski definition) is 2. The van der Waals surface area contributed by atoms with Gasteiger partial charge in [0.05, 0.1) is 0 Å². The molecule has 1 aliphatic rings. The number of amides is 1. The van der Waals surface area contributed by atoms with Gasteiger partial charge >= 0.3 is 0 Å². The highest BCUT2D eigenvalue weighted by atomic mass is 16.2. The van der Waals surface area contributed by atoms with Crippen molar-refractivity contribution in [2.24, 2.45) is 5.73 Å². The second-order valence-corrected chi connectivity index (χ2v) is 3.80. The number of hydrogen-bond donors (Lipinski definition) is 1. The van der Waals surface area contributed by atoms with E-state index < -0.39 is 0 Å². The van der Waals surface area contributed by atoms with Crippen LogP contribution in [0.25, 0.3) is 0 Å². The summed E-state index contributed by atoms with van der Waals surface area (Å²) < 4.78 is 0. The van der Waals surface area contributed by atoms with Gasteiger partial charge < -0.3 is 10.6 Å². The van der Waals surface area contributed by atoms with E-state index in [0.29, 0.717) is 0 Å². The number of likely N-dealkylation sites (tertiary alicyclic amines) is 1. The number of carbonyl (C=O) groups is 1. The topological polar surface area (TPSA) is 46.3 Å². The normalized spacial score (nSPS) is 23.6. The van der Waals surface area contributed by atoms with Crippen molar-refractivity contribution < 1.29 is 4.79 Å². The number of nitrogens with zero attached hydrogens (tertiary/aromatic N) is 1. The van der Waals surface area contributed by atoms with E-state index in [1.54, 1.807) is 6.92 Å². The molecule has 2 atom stereocenters. The summed E-state index contributed by atoms with van der Waals surface area (Å²) in [5, 5.41) is 0. The third-order valence-electron chi connectivity index (χ3n) is 2.65. The fraction of sp³-hybridized carbons (Fsp3) is 0.727. The van der Waals surface area contributed by atoms with Crippen molar-refractivity contribution in [3.05, 3.63) is 0 Å². The van der Waals surface area contributed by atoms with Crippen LogP contribution in [0.1, 0.15) is 33.1 Å². The second kappa shape index (κ2) is 5.02. The molecule has 1 aliphatic heterocycles. The van der Waals surface area contributed by atoms with Crippen molar-refractivity contribution in [2.45, 2.75) is 45.2 Å². The average molecular weight is 194 g/mol. The Morgan fingerprint density at radius 2 is 2.29 bits per heavy atom. The quantitative estimate of drug-likeness (QED) is 0.626. The maximum atomic E-state index is 11.6. The van der Waals surface area contributed by atoms with E-state index in [9.17, 15) is 4.79 Å².